The van der Waals surface area contributed by atoms with Gasteiger partial charge in [0.1, 0.15) is 0 Å². The standard InChI is InChI=1S/C19H39BN2O2/c1-15(2)19(9,10)18(7,8)14-24-20(23-13-11-12-21)22(16(3)4)17(5)6/h15-17H,11,13-14H2,1-10H3. The largest absolute Gasteiger partial charge is 0.558 e. The summed E-state index contributed by atoms with van der Waals surface area (Å²) in [6.07, 6.45) is 0.380. The third-order valence-electron chi connectivity index (χ3n) is 5.68. The zero-order valence-corrected chi connectivity index (χ0v) is 17.6. The molecule has 0 aromatic heterocycles. The molecule has 0 aromatic rings. The Morgan fingerprint density at radius 1 is 0.958 bits per heavy atom. The molecular weight excluding hydrogens is 299 g/mol. The summed E-state index contributed by atoms with van der Waals surface area (Å²) in [5.41, 5.74) is 0.155. The molecule has 0 saturated heterocycles. The quantitative estimate of drug-likeness (QED) is 0.403. The first-order valence-corrected chi connectivity index (χ1v) is 9.26. The van der Waals surface area contributed by atoms with Crippen molar-refractivity contribution < 1.29 is 9.31 Å². The second-order valence-electron chi connectivity index (χ2n) is 8.79. The van der Waals surface area contributed by atoms with Gasteiger partial charge in [0.2, 0.25) is 0 Å². The van der Waals surface area contributed by atoms with Gasteiger partial charge in [0, 0.05) is 13.2 Å². The van der Waals surface area contributed by atoms with Gasteiger partial charge in [-0.1, -0.05) is 69.2 Å². The lowest BCUT2D eigenvalue weighted by molar-refractivity contribution is -0.00878. The van der Waals surface area contributed by atoms with Crippen LogP contribution in [0.15, 0.2) is 0 Å². The molecule has 0 unspecified atom stereocenters. The van der Waals surface area contributed by atoms with Crippen molar-refractivity contribution in [2.24, 2.45) is 16.7 Å². The highest BCUT2D eigenvalue weighted by atomic mass is 16.6. The van der Waals surface area contributed by atoms with Crippen LogP contribution in [-0.4, -0.2) is 37.4 Å². The molecule has 4 nitrogen and oxygen atoms in total. The van der Waals surface area contributed by atoms with Crippen molar-refractivity contribution in [2.75, 3.05) is 13.2 Å². The molecule has 140 valence electrons. The van der Waals surface area contributed by atoms with Gasteiger partial charge in [-0.25, -0.2) is 0 Å². The molecule has 0 amide bonds. The van der Waals surface area contributed by atoms with Gasteiger partial charge >= 0.3 is 7.25 Å². The average Bonchev–Trinajstić information content (AvgIpc) is 2.43. The summed E-state index contributed by atoms with van der Waals surface area (Å²) >= 11 is 0. The zero-order chi connectivity index (χ0) is 19.1. The lowest BCUT2D eigenvalue weighted by Gasteiger charge is -2.46. The second-order valence-corrected chi connectivity index (χ2v) is 8.79. The van der Waals surface area contributed by atoms with Gasteiger partial charge in [-0.3, -0.25) is 4.81 Å². The van der Waals surface area contributed by atoms with Gasteiger partial charge in [0.15, 0.2) is 0 Å². The normalized spacial score (nSPS) is 13.2. The van der Waals surface area contributed by atoms with Crippen molar-refractivity contribution in [1.29, 1.82) is 5.26 Å². The SMILES string of the molecule is CC(C)N(B(OCCC#N)OCC(C)(C)C(C)(C)C(C)C)C(C)C. The molecule has 0 rings (SSSR count). The van der Waals surface area contributed by atoms with Crippen molar-refractivity contribution in [1.82, 2.24) is 4.81 Å². The Morgan fingerprint density at radius 2 is 1.46 bits per heavy atom. The molecule has 5 heteroatoms. The maximum Gasteiger partial charge on any atom is 0.558 e. The molecule has 24 heavy (non-hydrogen) atoms. The fourth-order valence-corrected chi connectivity index (χ4v) is 2.76. The Hall–Kier alpha value is -0.565. The monoisotopic (exact) mass is 338 g/mol. The molecule has 0 aliphatic heterocycles. The molecule has 0 saturated carbocycles. The first-order valence-electron chi connectivity index (χ1n) is 9.26. The molecule has 0 fully saturated rings. The van der Waals surface area contributed by atoms with Gasteiger partial charge in [-0.05, 0) is 28.8 Å². The smallest absolute Gasteiger partial charge is 0.396 e. The van der Waals surface area contributed by atoms with E-state index in [0.717, 1.165) is 0 Å². The lowest BCUT2D eigenvalue weighted by Crippen LogP contribution is -2.53. The van der Waals surface area contributed by atoms with Crippen molar-refractivity contribution in [2.45, 2.75) is 87.7 Å². The average molecular weight is 338 g/mol. The van der Waals surface area contributed by atoms with Gasteiger partial charge in [0.25, 0.3) is 0 Å². The third-order valence-corrected chi connectivity index (χ3v) is 5.68. The molecule has 0 spiro atoms. The molecule has 0 radical (unpaired) electrons. The van der Waals surface area contributed by atoms with E-state index in [1.807, 2.05) is 0 Å². The minimum atomic E-state index is -0.416. The van der Waals surface area contributed by atoms with Crippen LogP contribution in [0.1, 0.15) is 75.7 Å². The van der Waals surface area contributed by atoms with Crippen LogP contribution in [0.2, 0.25) is 0 Å². The van der Waals surface area contributed by atoms with Crippen LogP contribution in [0.4, 0.5) is 0 Å². The second kappa shape index (κ2) is 9.80. The Balaban J connectivity index is 5.16. The predicted octanol–water partition coefficient (Wildman–Crippen LogP) is 4.75. The van der Waals surface area contributed by atoms with Crippen LogP contribution in [0.5, 0.6) is 0 Å². The van der Waals surface area contributed by atoms with Crippen LogP contribution in [0.25, 0.3) is 0 Å². The van der Waals surface area contributed by atoms with E-state index < -0.39 is 7.25 Å². The van der Waals surface area contributed by atoms with E-state index in [9.17, 15) is 0 Å². The maximum atomic E-state index is 8.78. The van der Waals surface area contributed by atoms with E-state index in [4.69, 9.17) is 14.6 Å². The zero-order valence-electron chi connectivity index (χ0n) is 17.6. The van der Waals surface area contributed by atoms with E-state index >= 15 is 0 Å². The van der Waals surface area contributed by atoms with Gasteiger partial charge in [0.05, 0.1) is 12.5 Å². The number of nitriles is 1. The summed E-state index contributed by atoms with van der Waals surface area (Å²) in [5.74, 6) is 0.556. The summed E-state index contributed by atoms with van der Waals surface area (Å²) < 4.78 is 12.2. The van der Waals surface area contributed by atoms with Crippen LogP contribution in [0.3, 0.4) is 0 Å². The van der Waals surface area contributed by atoms with Crippen molar-refractivity contribution in [3.05, 3.63) is 0 Å². The molecule has 0 bridgehead atoms. The van der Waals surface area contributed by atoms with E-state index in [1.54, 1.807) is 0 Å². The Kier molecular flexibility index (Phi) is 9.57. The first kappa shape index (κ1) is 23.4. The van der Waals surface area contributed by atoms with Crippen molar-refractivity contribution in [3.63, 3.8) is 0 Å². The molecule has 0 atom stereocenters. The van der Waals surface area contributed by atoms with E-state index in [-0.39, 0.29) is 10.8 Å². The van der Waals surface area contributed by atoms with Crippen LogP contribution < -0.4 is 0 Å². The van der Waals surface area contributed by atoms with E-state index in [2.05, 4.69) is 80.1 Å². The number of hydrogen-bond donors (Lipinski definition) is 0. The van der Waals surface area contributed by atoms with E-state index in [1.165, 1.54) is 0 Å². The van der Waals surface area contributed by atoms with Crippen molar-refractivity contribution in [3.8, 4) is 6.07 Å². The summed E-state index contributed by atoms with van der Waals surface area (Å²) in [5, 5.41) is 8.78. The van der Waals surface area contributed by atoms with Crippen molar-refractivity contribution >= 4 is 7.25 Å². The Bertz CT molecular complexity index is 393. The summed E-state index contributed by atoms with van der Waals surface area (Å²) in [7, 11) is -0.416. The fourth-order valence-electron chi connectivity index (χ4n) is 2.76. The van der Waals surface area contributed by atoms with Crippen LogP contribution >= 0.6 is 0 Å². The van der Waals surface area contributed by atoms with Crippen LogP contribution in [0, 0.1) is 28.1 Å². The highest BCUT2D eigenvalue weighted by Gasteiger charge is 2.42. The Labute approximate surface area is 151 Å². The van der Waals surface area contributed by atoms with Crippen LogP contribution in [-0.2, 0) is 9.31 Å². The maximum absolute atomic E-state index is 8.78. The fraction of sp³-hybridized carbons (Fsp3) is 0.947. The molecule has 0 aromatic carbocycles. The predicted molar refractivity (Wildman–Crippen MR) is 102 cm³/mol. The van der Waals surface area contributed by atoms with Gasteiger partial charge < -0.3 is 9.31 Å². The third kappa shape index (κ3) is 6.39. The highest BCUT2D eigenvalue weighted by Crippen LogP contribution is 2.44. The summed E-state index contributed by atoms with van der Waals surface area (Å²) in [4.78, 5) is 2.22. The summed E-state index contributed by atoms with van der Waals surface area (Å²) in [6.45, 7) is 23.2. The van der Waals surface area contributed by atoms with E-state index in [0.29, 0.717) is 37.6 Å². The minimum absolute atomic E-state index is 0.0115. The summed E-state index contributed by atoms with van der Waals surface area (Å²) in [6, 6.07) is 2.74. The van der Waals surface area contributed by atoms with Gasteiger partial charge in [-0.2, -0.15) is 5.26 Å². The minimum Gasteiger partial charge on any atom is -0.396 e. The number of hydrogen-bond acceptors (Lipinski definition) is 4. The lowest BCUT2D eigenvalue weighted by atomic mass is 9.62. The topological polar surface area (TPSA) is 45.5 Å². The molecule has 0 N–H and O–H groups in total. The number of nitrogens with zero attached hydrogens (tertiary/aromatic N) is 2. The Morgan fingerprint density at radius 3 is 1.83 bits per heavy atom. The van der Waals surface area contributed by atoms with Gasteiger partial charge in [-0.15, -0.1) is 0 Å². The molecule has 0 aliphatic carbocycles. The molecule has 0 aliphatic rings. The number of rotatable bonds is 11. The molecular formula is C19H39BN2O2. The highest BCUT2D eigenvalue weighted by molar-refractivity contribution is 6.41. The first-order chi connectivity index (χ1) is 10.9. The molecule has 0 heterocycles.